The lowest BCUT2D eigenvalue weighted by Crippen LogP contribution is -2.53. The van der Waals surface area contributed by atoms with Crippen molar-refractivity contribution in [1.82, 2.24) is 0 Å². The number of benzene rings is 1. The molecule has 0 aliphatic heterocycles. The smallest absolute Gasteiger partial charge is 0.427 e. The van der Waals surface area contributed by atoms with Crippen LogP contribution in [0.3, 0.4) is 0 Å². The number of hydrogen-bond acceptors (Lipinski definition) is 6. The Labute approximate surface area is 213 Å². The molecule has 1 aromatic carbocycles. The van der Waals surface area contributed by atoms with Crippen molar-refractivity contribution in [3.63, 3.8) is 0 Å². The van der Waals surface area contributed by atoms with Gasteiger partial charge in [-0.15, -0.1) is 0 Å². The molecule has 0 amide bonds. The first-order chi connectivity index (χ1) is 17.3. The fraction of sp³-hybridized carbons (Fsp3) is 0.733. The van der Waals surface area contributed by atoms with Crippen LogP contribution in [-0.4, -0.2) is 23.5 Å². The highest BCUT2D eigenvalue weighted by Crippen LogP contribution is 2.58. The number of hydrogen-bond donors (Lipinski definition) is 0. The summed E-state index contributed by atoms with van der Waals surface area (Å²) in [6.07, 6.45) is 13.0. The highest BCUT2D eigenvalue weighted by molar-refractivity contribution is 5.67. The maximum absolute atomic E-state index is 12.9. The molecule has 0 atom stereocenters. The monoisotopic (exact) mass is 494 g/mol. The topological polar surface area (TPSA) is 71.1 Å². The van der Waals surface area contributed by atoms with E-state index in [4.69, 9.17) is 18.9 Å². The quantitative estimate of drug-likeness (QED) is 0.318. The van der Waals surface area contributed by atoms with E-state index in [2.05, 4.69) is 0 Å². The van der Waals surface area contributed by atoms with Gasteiger partial charge in [-0.05, 0) is 137 Å². The van der Waals surface area contributed by atoms with Crippen LogP contribution in [0.2, 0.25) is 0 Å². The highest BCUT2D eigenvalue weighted by atomic mass is 16.7. The zero-order chi connectivity index (χ0) is 24.5. The molecule has 0 N–H and O–H groups in total. The van der Waals surface area contributed by atoms with Gasteiger partial charge in [0.2, 0.25) is 0 Å². The van der Waals surface area contributed by atoms with Crippen LogP contribution in [0.4, 0.5) is 9.59 Å². The van der Waals surface area contributed by atoms with E-state index in [-0.39, 0.29) is 11.2 Å². The Morgan fingerprint density at radius 3 is 1.28 bits per heavy atom. The molecule has 0 unspecified atom stereocenters. The molecule has 6 nitrogen and oxygen atoms in total. The SMILES string of the molecule is CCc1cc(OC(=O)OC23CC4CC(CC(C4)C2)C3)cc(OC(=O)OC23CC4CC(CC(C4)C2)C3)c1. The zero-order valence-electron chi connectivity index (χ0n) is 21.3. The molecule has 9 rings (SSSR count). The van der Waals surface area contributed by atoms with E-state index in [1.54, 1.807) is 6.07 Å². The van der Waals surface area contributed by atoms with Gasteiger partial charge in [0.05, 0.1) is 0 Å². The Morgan fingerprint density at radius 1 is 0.639 bits per heavy atom. The van der Waals surface area contributed by atoms with Gasteiger partial charge < -0.3 is 18.9 Å². The van der Waals surface area contributed by atoms with Gasteiger partial charge in [0.25, 0.3) is 0 Å². The lowest BCUT2D eigenvalue weighted by atomic mass is 9.54. The molecular formula is C30H38O6. The third kappa shape index (κ3) is 4.28. The van der Waals surface area contributed by atoms with E-state index in [0.717, 1.165) is 50.5 Å². The minimum atomic E-state index is -0.646. The first-order valence-electron chi connectivity index (χ1n) is 14.3. The summed E-state index contributed by atoms with van der Waals surface area (Å²) in [6, 6.07) is 5.23. The molecule has 8 aliphatic carbocycles. The second-order valence-electron chi connectivity index (χ2n) is 13.3. The lowest BCUT2D eigenvalue weighted by molar-refractivity contribution is -0.136. The number of ether oxygens (including phenoxy) is 4. The molecule has 0 spiro atoms. The average Bonchev–Trinajstić information content (AvgIpc) is 2.76. The second kappa shape index (κ2) is 8.39. The predicted octanol–water partition coefficient (Wildman–Crippen LogP) is 7.22. The number of rotatable bonds is 5. The van der Waals surface area contributed by atoms with Crippen molar-refractivity contribution in [2.75, 3.05) is 0 Å². The van der Waals surface area contributed by atoms with Crippen LogP contribution in [-0.2, 0) is 15.9 Å². The molecular weight excluding hydrogens is 456 g/mol. The maximum atomic E-state index is 12.9. The molecule has 0 radical (unpaired) electrons. The normalized spacial score (nSPS) is 41.2. The summed E-state index contributed by atoms with van der Waals surface area (Å²) in [6.45, 7) is 2.02. The van der Waals surface area contributed by atoms with Crippen molar-refractivity contribution >= 4 is 12.3 Å². The molecule has 194 valence electrons. The number of aryl methyl sites for hydroxylation is 1. The standard InChI is InChI=1S/C30H38O6/c1-2-18-9-25(33-27(31)35-29-12-19-3-20(13-29)5-21(4-19)14-29)11-26(10-18)34-28(32)36-30-15-22-6-23(16-30)8-24(7-22)17-30/h9-11,19-24H,2-8,12-17H2,1H3. The number of carbonyl (C=O) groups excluding carboxylic acids is 2. The van der Waals surface area contributed by atoms with Crippen molar-refractivity contribution in [2.24, 2.45) is 35.5 Å². The Bertz CT molecular complexity index is 911. The van der Waals surface area contributed by atoms with E-state index in [1.165, 1.54) is 38.5 Å². The first-order valence-corrected chi connectivity index (χ1v) is 14.3. The van der Waals surface area contributed by atoms with Gasteiger partial charge >= 0.3 is 12.3 Å². The van der Waals surface area contributed by atoms with Gasteiger partial charge in [0, 0.05) is 6.07 Å². The van der Waals surface area contributed by atoms with Crippen LogP contribution in [0.1, 0.15) is 89.5 Å². The fourth-order valence-corrected chi connectivity index (χ4v) is 9.85. The van der Waals surface area contributed by atoms with Gasteiger partial charge in [-0.3, -0.25) is 0 Å². The van der Waals surface area contributed by atoms with Gasteiger partial charge in [-0.25, -0.2) is 9.59 Å². The van der Waals surface area contributed by atoms with Crippen molar-refractivity contribution in [3.05, 3.63) is 23.8 Å². The van der Waals surface area contributed by atoms with Crippen LogP contribution in [0, 0.1) is 35.5 Å². The summed E-state index contributed by atoms with van der Waals surface area (Å²) < 4.78 is 23.3. The summed E-state index contributed by atoms with van der Waals surface area (Å²) in [5.41, 5.74) is 0.220. The molecule has 8 aliphatic rings. The summed E-state index contributed by atoms with van der Waals surface area (Å²) in [7, 11) is 0. The van der Waals surface area contributed by atoms with E-state index >= 15 is 0 Å². The van der Waals surface area contributed by atoms with Crippen LogP contribution >= 0.6 is 0 Å². The van der Waals surface area contributed by atoms with Gasteiger partial charge in [0.1, 0.15) is 22.7 Å². The van der Waals surface area contributed by atoms with Crippen molar-refractivity contribution < 1.29 is 28.5 Å². The molecule has 0 heterocycles. The molecule has 0 saturated heterocycles. The molecule has 8 saturated carbocycles. The van der Waals surface area contributed by atoms with Gasteiger partial charge in [0.15, 0.2) is 0 Å². The van der Waals surface area contributed by atoms with E-state index < -0.39 is 12.3 Å². The average molecular weight is 495 g/mol. The van der Waals surface area contributed by atoms with Crippen LogP contribution < -0.4 is 9.47 Å². The Kier molecular flexibility index (Phi) is 5.34. The Balaban J connectivity index is 1.01. The van der Waals surface area contributed by atoms with E-state index in [0.29, 0.717) is 47.0 Å². The van der Waals surface area contributed by atoms with Gasteiger partial charge in [-0.1, -0.05) is 6.92 Å². The van der Waals surface area contributed by atoms with Crippen LogP contribution in [0.5, 0.6) is 11.5 Å². The molecule has 1 aromatic rings. The third-order valence-electron chi connectivity index (χ3n) is 10.3. The zero-order valence-corrected chi connectivity index (χ0v) is 21.3. The molecule has 36 heavy (non-hydrogen) atoms. The van der Waals surface area contributed by atoms with Crippen LogP contribution in [0.25, 0.3) is 0 Å². The van der Waals surface area contributed by atoms with Crippen molar-refractivity contribution in [3.8, 4) is 11.5 Å². The third-order valence-corrected chi connectivity index (χ3v) is 10.3. The lowest BCUT2D eigenvalue weighted by Gasteiger charge is -2.55. The fourth-order valence-electron chi connectivity index (χ4n) is 9.85. The highest BCUT2D eigenvalue weighted by Gasteiger charge is 2.54. The minimum absolute atomic E-state index is 0.349. The number of carbonyl (C=O) groups is 2. The van der Waals surface area contributed by atoms with Crippen LogP contribution in [0.15, 0.2) is 18.2 Å². The molecule has 8 fully saturated rings. The predicted molar refractivity (Wildman–Crippen MR) is 132 cm³/mol. The van der Waals surface area contributed by atoms with Gasteiger partial charge in [-0.2, -0.15) is 0 Å². The molecule has 0 aromatic heterocycles. The second-order valence-corrected chi connectivity index (χ2v) is 13.3. The van der Waals surface area contributed by atoms with Crippen molar-refractivity contribution in [1.29, 1.82) is 0 Å². The molecule has 6 heteroatoms. The summed E-state index contributed by atoms with van der Waals surface area (Å²) >= 11 is 0. The summed E-state index contributed by atoms with van der Waals surface area (Å²) in [5, 5.41) is 0. The largest absolute Gasteiger partial charge is 0.514 e. The Morgan fingerprint density at radius 2 is 0.972 bits per heavy atom. The minimum Gasteiger partial charge on any atom is -0.427 e. The summed E-state index contributed by atoms with van der Waals surface area (Å²) in [4.78, 5) is 25.7. The van der Waals surface area contributed by atoms with E-state index in [1.807, 2.05) is 19.1 Å². The maximum Gasteiger partial charge on any atom is 0.514 e. The molecule has 8 bridgehead atoms. The Hall–Kier alpha value is -2.24. The first kappa shape index (κ1) is 22.9. The van der Waals surface area contributed by atoms with Crippen molar-refractivity contribution in [2.45, 2.75) is 102 Å². The summed E-state index contributed by atoms with van der Waals surface area (Å²) in [5.74, 6) is 4.82. The van der Waals surface area contributed by atoms with E-state index in [9.17, 15) is 9.59 Å².